The number of benzene rings is 1. The lowest BCUT2D eigenvalue weighted by Crippen LogP contribution is -2.19. The van der Waals surface area contributed by atoms with Crippen LogP contribution in [0.3, 0.4) is 0 Å². The molecule has 2 rings (SSSR count). The number of methoxy groups -OCH3 is 2. The van der Waals surface area contributed by atoms with Crippen LogP contribution in [0.1, 0.15) is 50.5 Å². The third-order valence-electron chi connectivity index (χ3n) is 4.54. The van der Waals surface area contributed by atoms with Crippen molar-refractivity contribution >= 4 is 11.6 Å². The average molecular weight is 311 g/mol. The maximum atomic E-state index is 6.72. The Kier molecular flexibility index (Phi) is 6.69. The number of hydrogen-bond donors (Lipinski definition) is 0. The molecule has 1 atom stereocenters. The molecular weight excluding hydrogens is 284 g/mol. The van der Waals surface area contributed by atoms with Gasteiger partial charge in [0.05, 0.1) is 14.2 Å². The normalized spacial score (nSPS) is 18.6. The van der Waals surface area contributed by atoms with Gasteiger partial charge in [-0.2, -0.15) is 0 Å². The predicted molar refractivity (Wildman–Crippen MR) is 88.7 cm³/mol. The molecule has 1 aromatic rings. The Hall–Kier alpha value is -0.890. The predicted octanol–water partition coefficient (Wildman–Crippen LogP) is 5.21. The van der Waals surface area contributed by atoms with Gasteiger partial charge >= 0.3 is 0 Å². The summed E-state index contributed by atoms with van der Waals surface area (Å²) < 4.78 is 10.7. The van der Waals surface area contributed by atoms with Crippen molar-refractivity contribution in [3.63, 3.8) is 0 Å². The molecule has 3 heteroatoms. The summed E-state index contributed by atoms with van der Waals surface area (Å²) in [5.41, 5.74) is 1.23. The highest BCUT2D eigenvalue weighted by atomic mass is 35.5. The minimum Gasteiger partial charge on any atom is -0.493 e. The zero-order chi connectivity index (χ0) is 15.1. The number of rotatable bonds is 5. The summed E-state index contributed by atoms with van der Waals surface area (Å²) in [7, 11) is 3.34. The molecule has 1 fully saturated rings. The Bertz CT molecular complexity index is 425. The maximum Gasteiger partial charge on any atom is 0.160 e. The molecule has 0 radical (unpaired) electrons. The van der Waals surface area contributed by atoms with Crippen LogP contribution in [-0.2, 0) is 6.42 Å². The fourth-order valence-electron chi connectivity index (χ4n) is 3.25. The highest BCUT2D eigenvalue weighted by Gasteiger charge is 2.21. The van der Waals surface area contributed by atoms with Gasteiger partial charge in [0.1, 0.15) is 0 Å². The largest absolute Gasteiger partial charge is 0.493 e. The van der Waals surface area contributed by atoms with Crippen LogP contribution >= 0.6 is 11.6 Å². The summed E-state index contributed by atoms with van der Waals surface area (Å²) in [6.07, 6.45) is 10.3. The van der Waals surface area contributed by atoms with Crippen molar-refractivity contribution in [3.8, 4) is 11.5 Å². The first-order valence-corrected chi connectivity index (χ1v) is 8.53. The lowest BCUT2D eigenvalue weighted by Gasteiger charge is -2.24. The highest BCUT2D eigenvalue weighted by molar-refractivity contribution is 6.20. The molecule has 1 saturated carbocycles. The fraction of sp³-hybridized carbons (Fsp3) is 0.667. The average Bonchev–Trinajstić information content (AvgIpc) is 2.46. The summed E-state index contributed by atoms with van der Waals surface area (Å²) in [5.74, 6) is 2.22. The zero-order valence-corrected chi connectivity index (χ0v) is 14.0. The molecule has 0 bridgehead atoms. The second kappa shape index (κ2) is 8.53. The first-order valence-electron chi connectivity index (χ1n) is 8.09. The summed E-state index contributed by atoms with van der Waals surface area (Å²) in [6.45, 7) is 0. The van der Waals surface area contributed by atoms with Gasteiger partial charge in [0.2, 0.25) is 0 Å². The molecule has 1 aromatic carbocycles. The number of ether oxygens (including phenoxy) is 2. The summed E-state index contributed by atoms with van der Waals surface area (Å²) in [5, 5.41) is 0.223. The molecule has 1 unspecified atom stereocenters. The molecule has 21 heavy (non-hydrogen) atoms. The minimum absolute atomic E-state index is 0.223. The summed E-state index contributed by atoms with van der Waals surface area (Å²) in [6, 6.07) is 6.12. The second-order valence-corrected chi connectivity index (χ2v) is 6.58. The van der Waals surface area contributed by atoms with Crippen molar-refractivity contribution in [1.82, 2.24) is 0 Å². The number of halogens is 1. The molecule has 0 spiro atoms. The van der Waals surface area contributed by atoms with Crippen LogP contribution in [0.4, 0.5) is 0 Å². The number of hydrogen-bond acceptors (Lipinski definition) is 2. The standard InChI is InChI=1S/C18H27ClO2/c1-20-17-11-10-14(13-18(17)21-2)12-16(19)15-8-6-4-3-5-7-9-15/h10-11,13,15-16H,3-9,12H2,1-2H3. The second-order valence-electron chi connectivity index (χ2n) is 6.01. The third-order valence-corrected chi connectivity index (χ3v) is 5.05. The highest BCUT2D eigenvalue weighted by Crippen LogP contribution is 2.32. The van der Waals surface area contributed by atoms with E-state index in [9.17, 15) is 0 Å². The Morgan fingerprint density at radius 2 is 1.62 bits per heavy atom. The minimum atomic E-state index is 0.223. The van der Waals surface area contributed by atoms with Crippen molar-refractivity contribution in [2.75, 3.05) is 14.2 Å². The number of alkyl halides is 1. The van der Waals surface area contributed by atoms with E-state index in [4.69, 9.17) is 21.1 Å². The van der Waals surface area contributed by atoms with Crippen LogP contribution in [0, 0.1) is 5.92 Å². The molecule has 0 saturated heterocycles. The van der Waals surface area contributed by atoms with Gasteiger partial charge in [-0.1, -0.05) is 38.2 Å². The van der Waals surface area contributed by atoms with Crippen molar-refractivity contribution < 1.29 is 9.47 Å². The van der Waals surface area contributed by atoms with E-state index < -0.39 is 0 Å². The van der Waals surface area contributed by atoms with Crippen LogP contribution < -0.4 is 9.47 Å². The van der Waals surface area contributed by atoms with Crippen LogP contribution in [0.2, 0.25) is 0 Å². The maximum absolute atomic E-state index is 6.72. The molecule has 2 nitrogen and oxygen atoms in total. The lowest BCUT2D eigenvalue weighted by molar-refractivity contribution is 0.352. The fourth-order valence-corrected chi connectivity index (χ4v) is 3.68. The van der Waals surface area contributed by atoms with Gasteiger partial charge in [-0.05, 0) is 42.9 Å². The molecule has 118 valence electrons. The van der Waals surface area contributed by atoms with E-state index in [0.29, 0.717) is 5.92 Å². The molecule has 1 aliphatic carbocycles. The molecule has 0 aromatic heterocycles. The van der Waals surface area contributed by atoms with Gasteiger partial charge in [0.25, 0.3) is 0 Å². The Morgan fingerprint density at radius 1 is 1.00 bits per heavy atom. The molecule has 1 aliphatic rings. The Morgan fingerprint density at radius 3 is 2.24 bits per heavy atom. The van der Waals surface area contributed by atoms with Crippen LogP contribution in [0.5, 0.6) is 11.5 Å². The van der Waals surface area contributed by atoms with Crippen LogP contribution in [0.15, 0.2) is 18.2 Å². The third kappa shape index (κ3) is 4.81. The Balaban J connectivity index is 1.99. The van der Waals surface area contributed by atoms with Crippen LogP contribution in [0.25, 0.3) is 0 Å². The molecule has 0 N–H and O–H groups in total. The van der Waals surface area contributed by atoms with Crippen LogP contribution in [-0.4, -0.2) is 19.6 Å². The van der Waals surface area contributed by atoms with E-state index >= 15 is 0 Å². The summed E-state index contributed by atoms with van der Waals surface area (Å²) >= 11 is 6.72. The quantitative estimate of drug-likeness (QED) is 0.695. The van der Waals surface area contributed by atoms with Gasteiger partial charge in [0.15, 0.2) is 11.5 Å². The van der Waals surface area contributed by atoms with Crippen molar-refractivity contribution in [1.29, 1.82) is 0 Å². The van der Waals surface area contributed by atoms with E-state index in [2.05, 4.69) is 12.1 Å². The molecular formula is C18H27ClO2. The van der Waals surface area contributed by atoms with Crippen molar-refractivity contribution in [3.05, 3.63) is 23.8 Å². The topological polar surface area (TPSA) is 18.5 Å². The van der Waals surface area contributed by atoms with E-state index in [1.807, 2.05) is 6.07 Å². The lowest BCUT2D eigenvalue weighted by atomic mass is 9.86. The van der Waals surface area contributed by atoms with E-state index in [-0.39, 0.29) is 5.38 Å². The Labute approximate surface area is 133 Å². The first-order chi connectivity index (χ1) is 10.2. The van der Waals surface area contributed by atoms with E-state index in [1.165, 1.54) is 50.5 Å². The SMILES string of the molecule is COc1ccc(CC(Cl)C2CCCCCCC2)cc1OC. The smallest absolute Gasteiger partial charge is 0.160 e. The van der Waals surface area contributed by atoms with Gasteiger partial charge in [-0.25, -0.2) is 0 Å². The molecule has 0 amide bonds. The summed E-state index contributed by atoms with van der Waals surface area (Å²) in [4.78, 5) is 0. The molecule has 0 aliphatic heterocycles. The van der Waals surface area contributed by atoms with Crippen molar-refractivity contribution in [2.24, 2.45) is 5.92 Å². The van der Waals surface area contributed by atoms with Gasteiger partial charge in [-0.3, -0.25) is 0 Å². The van der Waals surface area contributed by atoms with E-state index in [1.54, 1.807) is 14.2 Å². The van der Waals surface area contributed by atoms with E-state index in [0.717, 1.165) is 17.9 Å². The first kappa shape index (κ1) is 16.5. The van der Waals surface area contributed by atoms with Gasteiger partial charge in [-0.15, -0.1) is 11.6 Å². The zero-order valence-electron chi connectivity index (χ0n) is 13.2. The van der Waals surface area contributed by atoms with Gasteiger partial charge in [0, 0.05) is 5.38 Å². The van der Waals surface area contributed by atoms with Gasteiger partial charge < -0.3 is 9.47 Å². The monoisotopic (exact) mass is 310 g/mol. The van der Waals surface area contributed by atoms with Crippen molar-refractivity contribution in [2.45, 2.75) is 56.7 Å². The molecule has 0 heterocycles.